The smallest absolute Gasteiger partial charge is 0.497 e. The molecule has 110 valence electrons. The number of nitrogens with zero attached hydrogens (tertiary/aromatic N) is 1. The fourth-order valence-electron chi connectivity index (χ4n) is 1.38. The maximum Gasteiger partial charge on any atom is 0.573 e. The van der Waals surface area contributed by atoms with Gasteiger partial charge in [0.25, 0.3) is 0 Å². The molecular weight excluding hydrogens is 275 g/mol. The molecular formula is C13H14F3NO3. The van der Waals surface area contributed by atoms with Crippen molar-refractivity contribution in [1.82, 2.24) is 4.90 Å². The number of carbonyl (C=O) groups excluding carboxylic acids is 1. The number of hydrogen-bond acceptors (Lipinski definition) is 4. The van der Waals surface area contributed by atoms with E-state index in [4.69, 9.17) is 4.74 Å². The number of ether oxygens (including phenoxy) is 2. The summed E-state index contributed by atoms with van der Waals surface area (Å²) in [4.78, 5) is 13.3. The first kappa shape index (κ1) is 15.9. The summed E-state index contributed by atoms with van der Waals surface area (Å²) in [7, 11) is 4.42. The van der Waals surface area contributed by atoms with E-state index in [0.29, 0.717) is 5.75 Å². The average Bonchev–Trinajstić information content (AvgIpc) is 2.35. The Bertz CT molecular complexity index is 493. The van der Waals surface area contributed by atoms with Crippen LogP contribution in [0.25, 0.3) is 0 Å². The van der Waals surface area contributed by atoms with E-state index in [9.17, 15) is 18.0 Å². The molecule has 0 aromatic heterocycles. The third-order valence-electron chi connectivity index (χ3n) is 2.18. The number of ketones is 1. The Morgan fingerprint density at radius 3 is 2.15 bits per heavy atom. The van der Waals surface area contributed by atoms with Crippen LogP contribution < -0.4 is 4.74 Å². The summed E-state index contributed by atoms with van der Waals surface area (Å²) in [5.41, 5.74) is 0.0724. The maximum absolute atomic E-state index is 12.3. The fraction of sp³-hybridized carbons (Fsp3) is 0.308. The van der Waals surface area contributed by atoms with Crippen molar-refractivity contribution in [1.29, 1.82) is 0 Å². The lowest BCUT2D eigenvalue weighted by Gasteiger charge is -2.14. The summed E-state index contributed by atoms with van der Waals surface area (Å²) in [5.74, 6) is -1.16. The SMILES string of the molecule is COc1ccc(C(=O)/C(=C\N(C)C)OC(F)(F)F)cc1. The molecule has 0 atom stereocenters. The van der Waals surface area contributed by atoms with Gasteiger partial charge >= 0.3 is 6.36 Å². The first-order valence-corrected chi connectivity index (χ1v) is 5.55. The van der Waals surface area contributed by atoms with Crippen molar-refractivity contribution < 1.29 is 27.4 Å². The van der Waals surface area contributed by atoms with Crippen LogP contribution in [0, 0.1) is 0 Å². The van der Waals surface area contributed by atoms with Gasteiger partial charge in [0.15, 0.2) is 5.76 Å². The molecule has 1 rings (SSSR count). The zero-order valence-corrected chi connectivity index (χ0v) is 11.2. The van der Waals surface area contributed by atoms with Crippen LogP contribution in [0.5, 0.6) is 5.75 Å². The van der Waals surface area contributed by atoms with Crippen molar-refractivity contribution in [3.05, 3.63) is 41.8 Å². The quantitative estimate of drug-likeness (QED) is 0.474. The lowest BCUT2D eigenvalue weighted by atomic mass is 10.1. The van der Waals surface area contributed by atoms with Gasteiger partial charge in [-0.15, -0.1) is 13.2 Å². The summed E-state index contributed by atoms with van der Waals surface area (Å²) in [6.45, 7) is 0. The van der Waals surface area contributed by atoms with Gasteiger partial charge < -0.3 is 14.4 Å². The predicted octanol–water partition coefficient (Wildman–Crippen LogP) is 2.82. The van der Waals surface area contributed by atoms with Crippen LogP contribution in [0.15, 0.2) is 36.2 Å². The molecule has 1 aromatic rings. The summed E-state index contributed by atoms with van der Waals surface area (Å²) < 4.78 is 45.6. The van der Waals surface area contributed by atoms with Gasteiger partial charge in [-0.05, 0) is 24.3 Å². The standard InChI is InChI=1S/C13H14F3NO3/c1-17(2)8-11(20-13(14,15)16)12(18)9-4-6-10(19-3)7-5-9/h4-8H,1-3H3/b11-8+. The number of benzene rings is 1. The monoisotopic (exact) mass is 289 g/mol. The number of allylic oxidation sites excluding steroid dienone is 1. The van der Waals surface area contributed by atoms with Crippen molar-refractivity contribution in [3.8, 4) is 5.75 Å². The van der Waals surface area contributed by atoms with E-state index in [2.05, 4.69) is 4.74 Å². The third-order valence-corrected chi connectivity index (χ3v) is 2.18. The van der Waals surface area contributed by atoms with Crippen molar-refractivity contribution in [3.63, 3.8) is 0 Å². The summed E-state index contributed by atoms with van der Waals surface area (Å²) in [6, 6.07) is 5.69. The van der Waals surface area contributed by atoms with Crippen molar-refractivity contribution in [2.24, 2.45) is 0 Å². The molecule has 0 heterocycles. The molecule has 0 fully saturated rings. The maximum atomic E-state index is 12.3. The molecule has 0 aliphatic carbocycles. The lowest BCUT2D eigenvalue weighted by molar-refractivity contribution is -0.303. The average molecular weight is 289 g/mol. The van der Waals surface area contributed by atoms with E-state index < -0.39 is 17.9 Å². The third kappa shape index (κ3) is 4.83. The highest BCUT2D eigenvalue weighted by molar-refractivity contribution is 6.07. The second-order valence-electron chi connectivity index (χ2n) is 4.06. The van der Waals surface area contributed by atoms with Crippen LogP contribution >= 0.6 is 0 Å². The number of hydrogen-bond donors (Lipinski definition) is 0. The minimum absolute atomic E-state index is 0.0724. The highest BCUT2D eigenvalue weighted by Crippen LogP contribution is 2.24. The zero-order valence-electron chi connectivity index (χ0n) is 11.2. The molecule has 0 amide bonds. The Hall–Kier alpha value is -2.18. The van der Waals surface area contributed by atoms with Gasteiger partial charge in [-0.2, -0.15) is 0 Å². The van der Waals surface area contributed by atoms with E-state index in [-0.39, 0.29) is 5.56 Å². The Labute approximate surface area is 114 Å². The molecule has 7 heteroatoms. The van der Waals surface area contributed by atoms with Crippen molar-refractivity contribution in [2.75, 3.05) is 21.2 Å². The topological polar surface area (TPSA) is 38.8 Å². The Kier molecular flexibility index (Phi) is 5.01. The molecule has 0 saturated carbocycles. The fourth-order valence-corrected chi connectivity index (χ4v) is 1.38. The minimum atomic E-state index is -4.93. The molecule has 20 heavy (non-hydrogen) atoms. The van der Waals surface area contributed by atoms with Gasteiger partial charge in [0.1, 0.15) is 5.75 Å². The van der Waals surface area contributed by atoms with Gasteiger partial charge in [-0.25, -0.2) is 0 Å². The van der Waals surface area contributed by atoms with Gasteiger partial charge in [0, 0.05) is 25.9 Å². The minimum Gasteiger partial charge on any atom is -0.497 e. The van der Waals surface area contributed by atoms with Crippen LogP contribution in [0.3, 0.4) is 0 Å². The largest absolute Gasteiger partial charge is 0.573 e. The predicted molar refractivity (Wildman–Crippen MR) is 66.2 cm³/mol. The Morgan fingerprint density at radius 2 is 1.75 bits per heavy atom. The number of carbonyl (C=O) groups is 1. The first-order chi connectivity index (χ1) is 9.23. The van der Waals surface area contributed by atoms with Crippen LogP contribution in [-0.2, 0) is 4.74 Å². The van der Waals surface area contributed by atoms with Gasteiger partial charge in [-0.3, -0.25) is 4.79 Å². The molecule has 0 spiro atoms. The summed E-state index contributed by atoms with van der Waals surface area (Å²) >= 11 is 0. The summed E-state index contributed by atoms with van der Waals surface area (Å²) in [6.07, 6.45) is -3.95. The second-order valence-corrected chi connectivity index (χ2v) is 4.06. The Morgan fingerprint density at radius 1 is 1.20 bits per heavy atom. The molecule has 0 saturated heterocycles. The van der Waals surface area contributed by atoms with Crippen LogP contribution in [-0.4, -0.2) is 38.3 Å². The molecule has 0 radical (unpaired) electrons. The highest BCUT2D eigenvalue weighted by atomic mass is 19.4. The van der Waals surface area contributed by atoms with Crippen LogP contribution in [0.4, 0.5) is 13.2 Å². The number of methoxy groups -OCH3 is 1. The number of rotatable bonds is 5. The molecule has 0 aliphatic heterocycles. The van der Waals surface area contributed by atoms with Gasteiger partial charge in [0.2, 0.25) is 5.78 Å². The number of alkyl halides is 3. The normalized spacial score (nSPS) is 12.0. The highest BCUT2D eigenvalue weighted by Gasteiger charge is 2.34. The lowest BCUT2D eigenvalue weighted by Crippen LogP contribution is -2.20. The van der Waals surface area contributed by atoms with Crippen molar-refractivity contribution in [2.45, 2.75) is 6.36 Å². The van der Waals surface area contributed by atoms with E-state index in [1.54, 1.807) is 0 Å². The number of halogens is 3. The van der Waals surface area contributed by atoms with Gasteiger partial charge in [-0.1, -0.05) is 0 Å². The zero-order chi connectivity index (χ0) is 15.3. The molecule has 0 N–H and O–H groups in total. The van der Waals surface area contributed by atoms with Gasteiger partial charge in [0.05, 0.1) is 7.11 Å². The second kappa shape index (κ2) is 6.31. The van der Waals surface area contributed by atoms with Crippen molar-refractivity contribution >= 4 is 5.78 Å². The molecule has 1 aromatic carbocycles. The number of Topliss-reactive ketones (excluding diaryl/α,β-unsaturated/α-hetero) is 1. The van der Waals surface area contributed by atoms with E-state index in [1.165, 1.54) is 50.4 Å². The molecule has 0 bridgehead atoms. The van der Waals surface area contributed by atoms with Crippen LogP contribution in [0.2, 0.25) is 0 Å². The van der Waals surface area contributed by atoms with Crippen LogP contribution in [0.1, 0.15) is 10.4 Å². The van der Waals surface area contributed by atoms with E-state index in [0.717, 1.165) is 6.20 Å². The van der Waals surface area contributed by atoms with E-state index in [1.807, 2.05) is 0 Å². The summed E-state index contributed by atoms with van der Waals surface area (Å²) in [5, 5.41) is 0. The molecule has 0 aliphatic rings. The molecule has 0 unspecified atom stereocenters. The molecule has 4 nitrogen and oxygen atoms in total. The Balaban J connectivity index is 3.03. The first-order valence-electron chi connectivity index (χ1n) is 5.55. The van der Waals surface area contributed by atoms with E-state index >= 15 is 0 Å².